The average molecular weight is 822 g/mol. The van der Waals surface area contributed by atoms with Crippen LogP contribution < -0.4 is 4.74 Å². The molecule has 57 heavy (non-hydrogen) atoms. The Hall–Kier alpha value is -5.57. The zero-order valence-electron chi connectivity index (χ0n) is 29.2. The van der Waals surface area contributed by atoms with Gasteiger partial charge in [0.25, 0.3) is 0 Å². The summed E-state index contributed by atoms with van der Waals surface area (Å²) in [5.41, 5.74) is 1.40. The highest BCUT2D eigenvalue weighted by Crippen LogP contribution is 2.48. The van der Waals surface area contributed by atoms with Crippen LogP contribution in [0.15, 0.2) is 37.1 Å². The quantitative estimate of drug-likeness (QED) is 0.168. The smallest absolute Gasteiger partial charge is 0.475 e. The van der Waals surface area contributed by atoms with Crippen molar-refractivity contribution in [2.24, 2.45) is 0 Å². The van der Waals surface area contributed by atoms with Crippen molar-refractivity contribution in [2.45, 2.75) is 86.6 Å². The van der Waals surface area contributed by atoms with Crippen LogP contribution in [0.3, 0.4) is 0 Å². The van der Waals surface area contributed by atoms with Gasteiger partial charge in [-0.1, -0.05) is 0 Å². The largest absolute Gasteiger partial charge is 0.490 e. The molecule has 24 heteroatoms. The average Bonchev–Trinajstić information content (AvgIpc) is 3.50. The number of H-pyrrole nitrogens is 1. The molecule has 4 N–H and O–H groups in total. The molecule has 2 saturated carbocycles. The van der Waals surface area contributed by atoms with Gasteiger partial charge >= 0.3 is 30.5 Å². The number of ether oxygens (including phenoxy) is 1. The number of aliphatic hydroxyl groups excluding tert-OH is 1. The first-order valence-electron chi connectivity index (χ1n) is 16.9. The van der Waals surface area contributed by atoms with Crippen LogP contribution in [0, 0.1) is 11.3 Å². The van der Waals surface area contributed by atoms with Crippen LogP contribution in [-0.2, 0) is 26.7 Å². The number of nitrogens with one attached hydrogen (secondary N) is 1. The molecule has 0 radical (unpaired) electrons. The summed E-state index contributed by atoms with van der Waals surface area (Å²) in [4.78, 5) is 39.3. The van der Waals surface area contributed by atoms with E-state index in [1.165, 1.54) is 12.4 Å². The lowest BCUT2D eigenvalue weighted by Gasteiger charge is -2.53. The molecule has 1 aliphatic heterocycles. The lowest BCUT2D eigenvalue weighted by atomic mass is 9.82. The van der Waals surface area contributed by atoms with Crippen molar-refractivity contribution in [2.75, 3.05) is 19.7 Å². The minimum absolute atomic E-state index is 0.0902. The molecular formula is C33H32F9N9O6. The number of carboxylic acids is 2. The number of nitrogens with zero attached hydrogens (tertiary/aromatic N) is 8. The highest BCUT2D eigenvalue weighted by molar-refractivity contribution is 5.90. The van der Waals surface area contributed by atoms with Gasteiger partial charge in [-0.2, -0.15) is 54.9 Å². The third-order valence-electron chi connectivity index (χ3n) is 9.69. The second kappa shape index (κ2) is 16.1. The Labute approximate surface area is 315 Å². The van der Waals surface area contributed by atoms with Gasteiger partial charge in [-0.05, 0) is 44.6 Å². The Morgan fingerprint density at radius 1 is 0.965 bits per heavy atom. The number of aliphatic carboxylic acids is 2. The lowest BCUT2D eigenvalue weighted by molar-refractivity contribution is -0.193. The molecule has 3 aliphatic rings. The van der Waals surface area contributed by atoms with E-state index in [0.29, 0.717) is 45.2 Å². The van der Waals surface area contributed by atoms with Gasteiger partial charge in [0.1, 0.15) is 23.6 Å². The molecule has 308 valence electrons. The van der Waals surface area contributed by atoms with Crippen LogP contribution in [-0.4, -0.2) is 111 Å². The number of alkyl halides is 9. The Bertz CT molecular complexity index is 2070. The molecular weight excluding hydrogens is 789 g/mol. The summed E-state index contributed by atoms with van der Waals surface area (Å²) in [7, 11) is 0. The highest BCUT2D eigenvalue weighted by atomic mass is 19.4. The van der Waals surface area contributed by atoms with Gasteiger partial charge in [0.05, 0.1) is 36.7 Å². The highest BCUT2D eigenvalue weighted by Gasteiger charge is 2.49. The maximum Gasteiger partial charge on any atom is 0.490 e. The first-order valence-corrected chi connectivity index (χ1v) is 16.9. The van der Waals surface area contributed by atoms with E-state index in [9.17, 15) is 49.9 Å². The van der Waals surface area contributed by atoms with Crippen LogP contribution in [0.2, 0.25) is 0 Å². The van der Waals surface area contributed by atoms with E-state index in [1.54, 1.807) is 6.20 Å². The third-order valence-corrected chi connectivity index (χ3v) is 9.69. The molecule has 2 aliphatic carbocycles. The van der Waals surface area contributed by atoms with E-state index in [0.717, 1.165) is 35.1 Å². The standard InChI is InChI=1S/C29H30F3N9O2.2C2HF3O2/c30-29(31,32)26-38-22(27(16-42)6-7-27)11-23(39-26)43-20-3-1-19(2-4-20)40-14-28(15-40,8-9-33)41-13-18(12-37-41)24-21-5-10-34-25(21)36-17-35-24;2*3-2(4,5)1(6)7/h5,10-13,17,19-20,42H,1-4,6-8,14-16H2,(H,34,35,36);2*(H,6,7). The van der Waals surface area contributed by atoms with E-state index in [1.807, 2.05) is 23.1 Å². The van der Waals surface area contributed by atoms with E-state index in [2.05, 4.69) is 41.0 Å². The number of fused-ring (bicyclic) bond motifs is 1. The van der Waals surface area contributed by atoms with Gasteiger partial charge in [0.15, 0.2) is 0 Å². The van der Waals surface area contributed by atoms with E-state index < -0.39 is 47.2 Å². The van der Waals surface area contributed by atoms with Gasteiger partial charge in [0, 0.05) is 54.0 Å². The molecule has 15 nitrogen and oxygen atoms in total. The van der Waals surface area contributed by atoms with Crippen LogP contribution in [0.4, 0.5) is 39.5 Å². The number of nitriles is 1. The number of rotatable bonds is 8. The Balaban J connectivity index is 0.000000380. The van der Waals surface area contributed by atoms with Crippen molar-refractivity contribution < 1.29 is 69.2 Å². The number of aromatic amines is 1. The Kier molecular flexibility index (Phi) is 12.0. The number of likely N-dealkylation sites (tertiary alicyclic amines) is 1. The predicted molar refractivity (Wildman–Crippen MR) is 174 cm³/mol. The minimum Gasteiger partial charge on any atom is -0.475 e. The number of carbonyl (C=O) groups is 2. The summed E-state index contributed by atoms with van der Waals surface area (Å²) < 4.78 is 112. The van der Waals surface area contributed by atoms with Gasteiger partial charge in [0.2, 0.25) is 11.7 Å². The van der Waals surface area contributed by atoms with Crippen LogP contribution in [0.1, 0.15) is 56.5 Å². The van der Waals surface area contributed by atoms with E-state index in [-0.39, 0.29) is 30.3 Å². The minimum atomic E-state index is -5.08. The molecule has 0 atom stereocenters. The molecule has 0 unspecified atom stereocenters. The fourth-order valence-corrected chi connectivity index (χ4v) is 6.49. The molecule has 3 fully saturated rings. The molecule has 4 aromatic rings. The Morgan fingerprint density at radius 3 is 2.11 bits per heavy atom. The number of halogens is 9. The number of aromatic nitrogens is 7. The van der Waals surface area contributed by atoms with Crippen molar-refractivity contribution in [3.63, 3.8) is 0 Å². The number of carboxylic acid groups (broad SMARTS) is 2. The van der Waals surface area contributed by atoms with Crippen LogP contribution in [0.5, 0.6) is 5.88 Å². The SMILES string of the molecule is N#CCC1(n2cc(-c3ncnc4[nH]ccc34)cn2)CN(C2CCC(Oc3cc(C4(CO)CC4)nc(C(F)(F)F)n3)CC2)C1.O=C(O)C(F)(F)F.O=C(O)C(F)(F)F. The predicted octanol–water partition coefficient (Wildman–Crippen LogP) is 5.24. The zero-order chi connectivity index (χ0) is 42.0. The van der Waals surface area contributed by atoms with Crippen molar-refractivity contribution in [1.29, 1.82) is 5.26 Å². The molecule has 7 rings (SSSR count). The molecule has 1 saturated heterocycles. The maximum atomic E-state index is 13.5. The summed E-state index contributed by atoms with van der Waals surface area (Å²) in [5.74, 6) is -6.84. The second-order valence-electron chi connectivity index (χ2n) is 13.6. The molecule has 4 aromatic heterocycles. The van der Waals surface area contributed by atoms with E-state index in [4.69, 9.17) is 24.5 Å². The topological polar surface area (TPSA) is 216 Å². The first-order chi connectivity index (χ1) is 26.6. The molecule has 0 amide bonds. The molecule has 0 aromatic carbocycles. The molecule has 0 bridgehead atoms. The van der Waals surface area contributed by atoms with Gasteiger partial charge in [-0.25, -0.2) is 24.5 Å². The number of hydrogen-bond donors (Lipinski definition) is 4. The zero-order valence-corrected chi connectivity index (χ0v) is 29.2. The molecule has 0 spiro atoms. The fourth-order valence-electron chi connectivity index (χ4n) is 6.49. The van der Waals surface area contributed by atoms with Crippen molar-refractivity contribution in [3.8, 4) is 23.2 Å². The van der Waals surface area contributed by atoms with Gasteiger partial charge in [-0.3, -0.25) is 9.58 Å². The van der Waals surface area contributed by atoms with E-state index >= 15 is 0 Å². The summed E-state index contributed by atoms with van der Waals surface area (Å²) in [6.07, 6.45) is -3.62. The number of aliphatic hydroxyl groups is 1. The molecule has 5 heterocycles. The van der Waals surface area contributed by atoms with Crippen molar-refractivity contribution in [1.82, 2.24) is 39.6 Å². The summed E-state index contributed by atoms with van der Waals surface area (Å²) >= 11 is 0. The van der Waals surface area contributed by atoms with Crippen LogP contribution in [0.25, 0.3) is 22.3 Å². The van der Waals surface area contributed by atoms with Gasteiger partial charge in [-0.15, -0.1) is 0 Å². The monoisotopic (exact) mass is 821 g/mol. The summed E-state index contributed by atoms with van der Waals surface area (Å²) in [6, 6.07) is 5.99. The first kappa shape index (κ1) is 42.6. The van der Waals surface area contributed by atoms with Crippen molar-refractivity contribution >= 4 is 23.0 Å². The third kappa shape index (κ3) is 9.88. The Morgan fingerprint density at radius 2 is 1.58 bits per heavy atom. The van der Waals surface area contributed by atoms with Crippen molar-refractivity contribution in [3.05, 3.63) is 48.6 Å². The van der Waals surface area contributed by atoms with Gasteiger partial charge < -0.3 is 25.0 Å². The maximum absolute atomic E-state index is 13.5. The second-order valence-corrected chi connectivity index (χ2v) is 13.6. The normalized spacial score (nSPS) is 20.2. The van der Waals surface area contributed by atoms with Crippen LogP contribution >= 0.6 is 0 Å². The lowest BCUT2D eigenvalue weighted by Crippen LogP contribution is -2.65. The summed E-state index contributed by atoms with van der Waals surface area (Å²) in [6.45, 7) is 1.09. The summed E-state index contributed by atoms with van der Waals surface area (Å²) in [5, 5.41) is 39.2. The fraction of sp³-hybridized carbons (Fsp3) is 0.515. The number of hydrogen-bond acceptors (Lipinski definition) is 11.